The van der Waals surface area contributed by atoms with Gasteiger partial charge in [-0.3, -0.25) is 14.8 Å². The Labute approximate surface area is 178 Å². The van der Waals surface area contributed by atoms with Gasteiger partial charge in [-0.15, -0.1) is 0 Å². The quantitative estimate of drug-likeness (QED) is 0.508. The number of benzene rings is 1. The number of ether oxygens (including phenoxy) is 1. The highest BCUT2D eigenvalue weighted by Gasteiger charge is 2.52. The maximum Gasteiger partial charge on any atom is 0.248 e. The van der Waals surface area contributed by atoms with Crippen molar-refractivity contribution in [2.24, 2.45) is 11.3 Å². The van der Waals surface area contributed by atoms with Gasteiger partial charge in [-0.05, 0) is 75.0 Å². The summed E-state index contributed by atoms with van der Waals surface area (Å²) in [7, 11) is 0. The fraction of sp³-hybridized carbons (Fsp3) is 0.652. The molecule has 3 aliphatic rings. The molecular weight excluding hydrogens is 382 g/mol. The van der Waals surface area contributed by atoms with Gasteiger partial charge in [0, 0.05) is 19.6 Å². The van der Waals surface area contributed by atoms with Crippen molar-refractivity contribution in [3.05, 3.63) is 29.8 Å². The second kappa shape index (κ2) is 8.55. The standard InChI is InChI=1S/C23H33N3O4/c1-15(2)30-18-5-3-4-17(12-18)16-6-10-26(11-7-16)22(28)20-19(21(27)25-29)13-23(8-9-23)14-24-20/h3-5,12,15-16,19-20,24,29H,6-11,13-14H2,1-2H3,(H,25,27). The fourth-order valence-corrected chi connectivity index (χ4v) is 5.01. The van der Waals surface area contributed by atoms with Crippen molar-refractivity contribution in [3.63, 3.8) is 0 Å². The number of nitrogens with one attached hydrogen (secondary N) is 2. The number of nitrogens with zero attached hydrogens (tertiary/aromatic N) is 1. The Kier molecular flexibility index (Phi) is 6.02. The number of hydrogen-bond donors (Lipinski definition) is 3. The maximum atomic E-state index is 13.2. The lowest BCUT2D eigenvalue weighted by Gasteiger charge is -2.40. The van der Waals surface area contributed by atoms with E-state index in [0.717, 1.165) is 38.0 Å². The van der Waals surface area contributed by atoms with Crippen molar-refractivity contribution in [1.82, 2.24) is 15.7 Å². The molecule has 2 saturated heterocycles. The van der Waals surface area contributed by atoms with Crippen molar-refractivity contribution < 1.29 is 19.5 Å². The van der Waals surface area contributed by atoms with Gasteiger partial charge >= 0.3 is 0 Å². The zero-order valence-electron chi connectivity index (χ0n) is 17.9. The third kappa shape index (κ3) is 4.47. The topological polar surface area (TPSA) is 90.9 Å². The minimum absolute atomic E-state index is 0.0190. The molecule has 2 heterocycles. The summed E-state index contributed by atoms with van der Waals surface area (Å²) in [4.78, 5) is 27.3. The van der Waals surface area contributed by atoms with E-state index >= 15 is 0 Å². The molecule has 1 aliphatic carbocycles. The first-order chi connectivity index (χ1) is 14.4. The van der Waals surface area contributed by atoms with Crippen LogP contribution in [-0.2, 0) is 9.59 Å². The molecule has 2 unspecified atom stereocenters. The molecule has 2 atom stereocenters. The molecule has 0 aromatic heterocycles. The summed E-state index contributed by atoms with van der Waals surface area (Å²) in [5.74, 6) is 0.300. The zero-order valence-corrected chi connectivity index (χ0v) is 17.9. The van der Waals surface area contributed by atoms with Crippen LogP contribution in [0.3, 0.4) is 0 Å². The second-order valence-corrected chi connectivity index (χ2v) is 9.48. The molecule has 7 nitrogen and oxygen atoms in total. The zero-order chi connectivity index (χ0) is 21.3. The van der Waals surface area contributed by atoms with Crippen LogP contribution in [0.5, 0.6) is 5.75 Å². The molecule has 3 N–H and O–H groups in total. The van der Waals surface area contributed by atoms with Crippen LogP contribution in [0.15, 0.2) is 24.3 Å². The number of amides is 2. The van der Waals surface area contributed by atoms with Crippen molar-refractivity contribution in [3.8, 4) is 5.75 Å². The minimum Gasteiger partial charge on any atom is -0.491 e. The molecule has 1 aromatic rings. The molecule has 1 spiro atoms. The Bertz CT molecular complexity index is 784. The molecule has 3 fully saturated rings. The Balaban J connectivity index is 1.37. The van der Waals surface area contributed by atoms with E-state index in [9.17, 15) is 9.59 Å². The highest BCUT2D eigenvalue weighted by atomic mass is 16.5. The van der Waals surface area contributed by atoms with E-state index in [-0.39, 0.29) is 17.4 Å². The lowest BCUT2D eigenvalue weighted by molar-refractivity contribution is -0.145. The van der Waals surface area contributed by atoms with E-state index in [1.165, 1.54) is 5.56 Å². The van der Waals surface area contributed by atoms with Crippen LogP contribution >= 0.6 is 0 Å². The summed E-state index contributed by atoms with van der Waals surface area (Å²) in [5.41, 5.74) is 3.17. The lowest BCUT2D eigenvalue weighted by Crippen LogP contribution is -2.59. The van der Waals surface area contributed by atoms with Crippen LogP contribution in [0, 0.1) is 11.3 Å². The van der Waals surface area contributed by atoms with E-state index in [4.69, 9.17) is 9.94 Å². The van der Waals surface area contributed by atoms with Gasteiger partial charge in [-0.1, -0.05) is 12.1 Å². The van der Waals surface area contributed by atoms with Crippen LogP contribution < -0.4 is 15.5 Å². The van der Waals surface area contributed by atoms with Gasteiger partial charge in [0.05, 0.1) is 18.1 Å². The first-order valence-electron chi connectivity index (χ1n) is 11.1. The van der Waals surface area contributed by atoms with Gasteiger partial charge in [0.2, 0.25) is 11.8 Å². The van der Waals surface area contributed by atoms with Gasteiger partial charge in [-0.2, -0.15) is 0 Å². The van der Waals surface area contributed by atoms with Gasteiger partial charge in [0.1, 0.15) is 5.75 Å². The van der Waals surface area contributed by atoms with Gasteiger partial charge < -0.3 is 15.0 Å². The van der Waals surface area contributed by atoms with E-state index in [0.29, 0.717) is 25.4 Å². The third-order valence-electron chi connectivity index (χ3n) is 6.93. The Morgan fingerprint density at radius 3 is 2.63 bits per heavy atom. The van der Waals surface area contributed by atoms with Crippen molar-refractivity contribution >= 4 is 11.8 Å². The average molecular weight is 416 g/mol. The minimum atomic E-state index is -0.553. The first-order valence-corrected chi connectivity index (χ1v) is 11.1. The lowest BCUT2D eigenvalue weighted by atomic mass is 9.81. The summed E-state index contributed by atoms with van der Waals surface area (Å²) in [6.45, 7) is 6.17. The Hall–Kier alpha value is -2.12. The van der Waals surface area contributed by atoms with Gasteiger partial charge in [0.25, 0.3) is 0 Å². The Morgan fingerprint density at radius 2 is 2.00 bits per heavy atom. The van der Waals surface area contributed by atoms with Crippen molar-refractivity contribution in [2.75, 3.05) is 19.6 Å². The summed E-state index contributed by atoms with van der Waals surface area (Å²) in [5, 5.41) is 12.5. The smallest absolute Gasteiger partial charge is 0.248 e. The summed E-state index contributed by atoms with van der Waals surface area (Å²) in [6.07, 6.45) is 4.76. The number of likely N-dealkylation sites (tertiary alicyclic amines) is 1. The van der Waals surface area contributed by atoms with Crippen LogP contribution in [0.4, 0.5) is 0 Å². The predicted molar refractivity (Wildman–Crippen MR) is 112 cm³/mol. The first kappa shape index (κ1) is 21.1. The molecule has 2 amide bonds. The van der Waals surface area contributed by atoms with Crippen molar-refractivity contribution in [1.29, 1.82) is 0 Å². The van der Waals surface area contributed by atoms with Crippen molar-refractivity contribution in [2.45, 2.75) is 64.0 Å². The predicted octanol–water partition coefficient (Wildman–Crippen LogP) is 2.44. The average Bonchev–Trinajstić information content (AvgIpc) is 3.51. The number of piperidine rings is 2. The highest BCUT2D eigenvalue weighted by Crippen LogP contribution is 2.52. The van der Waals surface area contributed by atoms with E-state index < -0.39 is 17.9 Å². The largest absolute Gasteiger partial charge is 0.491 e. The number of carbonyl (C=O) groups is 2. The molecule has 4 rings (SSSR count). The molecule has 0 radical (unpaired) electrons. The molecule has 1 saturated carbocycles. The van der Waals surface area contributed by atoms with E-state index in [1.54, 1.807) is 5.48 Å². The highest BCUT2D eigenvalue weighted by molar-refractivity contribution is 5.90. The molecule has 2 aliphatic heterocycles. The fourth-order valence-electron chi connectivity index (χ4n) is 5.01. The molecule has 30 heavy (non-hydrogen) atoms. The molecule has 7 heteroatoms. The summed E-state index contributed by atoms with van der Waals surface area (Å²) >= 11 is 0. The SMILES string of the molecule is CC(C)Oc1cccc(C2CCN(C(=O)C3NCC4(CC4)CC3C(=O)NO)CC2)c1. The molecular formula is C23H33N3O4. The Morgan fingerprint density at radius 1 is 1.27 bits per heavy atom. The molecule has 164 valence electrons. The number of carbonyl (C=O) groups excluding carboxylic acids is 2. The maximum absolute atomic E-state index is 13.2. The molecule has 0 bridgehead atoms. The van der Waals surface area contributed by atoms with E-state index in [2.05, 4.69) is 17.4 Å². The summed E-state index contributed by atoms with van der Waals surface area (Å²) in [6, 6.07) is 7.71. The second-order valence-electron chi connectivity index (χ2n) is 9.48. The number of hydrogen-bond acceptors (Lipinski definition) is 5. The van der Waals surface area contributed by atoms with Gasteiger partial charge in [0.15, 0.2) is 0 Å². The van der Waals surface area contributed by atoms with E-state index in [1.807, 2.05) is 30.9 Å². The van der Waals surface area contributed by atoms with Crippen LogP contribution in [0.2, 0.25) is 0 Å². The number of rotatable bonds is 5. The van der Waals surface area contributed by atoms with Crippen LogP contribution in [0.25, 0.3) is 0 Å². The van der Waals surface area contributed by atoms with Gasteiger partial charge in [-0.25, -0.2) is 5.48 Å². The third-order valence-corrected chi connectivity index (χ3v) is 6.93. The molecule has 1 aromatic carbocycles. The normalized spacial score (nSPS) is 25.9. The summed E-state index contributed by atoms with van der Waals surface area (Å²) < 4.78 is 5.82. The van der Waals surface area contributed by atoms with Crippen LogP contribution in [-0.4, -0.2) is 53.7 Å². The monoisotopic (exact) mass is 415 g/mol. The number of hydroxylamine groups is 1. The van der Waals surface area contributed by atoms with Crippen LogP contribution in [0.1, 0.15) is 57.4 Å².